The zero-order valence-electron chi connectivity index (χ0n) is 30.2. The van der Waals surface area contributed by atoms with Crippen LogP contribution in [0.2, 0.25) is 0 Å². The fourth-order valence-electron chi connectivity index (χ4n) is 8.10. The molecule has 11 aromatic rings. The molecule has 0 spiro atoms. The molecule has 0 N–H and O–H groups in total. The molecule has 0 bridgehead atoms. The minimum Gasteiger partial charge on any atom is -0.309 e. The van der Waals surface area contributed by atoms with E-state index in [0.717, 1.165) is 49.2 Å². The van der Waals surface area contributed by atoms with E-state index in [1.54, 1.807) is 11.3 Å². The van der Waals surface area contributed by atoms with Crippen molar-refractivity contribution in [3.05, 3.63) is 194 Å². The summed E-state index contributed by atoms with van der Waals surface area (Å²) in [4.78, 5) is 16.1. The highest BCUT2D eigenvalue weighted by atomic mass is 32.1. The van der Waals surface area contributed by atoms with Gasteiger partial charge in [-0.2, -0.15) is 0 Å². The summed E-state index contributed by atoms with van der Waals surface area (Å²) in [6, 6.07) is 68.5. The van der Waals surface area contributed by atoms with E-state index in [2.05, 4.69) is 193 Å². The molecule has 0 saturated carbocycles. The molecule has 0 radical (unpaired) electrons. The molecule has 0 atom stereocenters. The Labute approximate surface area is 327 Å². The van der Waals surface area contributed by atoms with E-state index >= 15 is 0 Å². The van der Waals surface area contributed by atoms with Crippen LogP contribution < -0.4 is 0 Å². The standard InChI is InChI=1S/C51H32N4S/c1-2-15-33(16-3-1)34-29-31-35(32-30-34)36-17-4-5-21-41(36)49-52-50(54-51(53-49)43-24-14-23-40-39-20-9-13-28-47(39)56-48(40)43)42-22-8-12-27-46(42)55-44-25-10-6-18-37(44)38-19-7-11-26-45(38)55/h1-32H. The van der Waals surface area contributed by atoms with Crippen molar-refractivity contribution in [1.29, 1.82) is 0 Å². The van der Waals surface area contributed by atoms with Gasteiger partial charge >= 0.3 is 0 Å². The zero-order chi connectivity index (χ0) is 37.0. The number of para-hydroxylation sites is 3. The molecule has 3 aromatic heterocycles. The molecule has 3 heterocycles. The van der Waals surface area contributed by atoms with Crippen molar-refractivity contribution in [3.63, 3.8) is 0 Å². The molecular weight excluding hydrogens is 701 g/mol. The van der Waals surface area contributed by atoms with E-state index in [9.17, 15) is 0 Å². The summed E-state index contributed by atoms with van der Waals surface area (Å²) in [5.74, 6) is 1.89. The lowest BCUT2D eigenvalue weighted by Gasteiger charge is -2.15. The van der Waals surface area contributed by atoms with Gasteiger partial charge in [0.2, 0.25) is 0 Å². The van der Waals surface area contributed by atoms with Gasteiger partial charge in [0.1, 0.15) is 0 Å². The van der Waals surface area contributed by atoms with Gasteiger partial charge in [0.25, 0.3) is 0 Å². The lowest BCUT2D eigenvalue weighted by Crippen LogP contribution is -2.04. The van der Waals surface area contributed by atoms with Crippen molar-refractivity contribution in [2.75, 3.05) is 0 Å². The average Bonchev–Trinajstić information content (AvgIpc) is 3.83. The van der Waals surface area contributed by atoms with Crippen LogP contribution in [-0.2, 0) is 0 Å². The molecule has 0 aliphatic carbocycles. The van der Waals surface area contributed by atoms with Crippen LogP contribution in [0, 0.1) is 0 Å². The molecule has 0 saturated heterocycles. The van der Waals surface area contributed by atoms with Crippen LogP contribution in [0.25, 0.3) is 104 Å². The SMILES string of the molecule is c1ccc(-c2ccc(-c3ccccc3-c3nc(-c4ccccc4-n4c5ccccc5c5ccccc54)nc(-c4cccc5c4sc4ccccc45)n3)cc2)cc1. The van der Waals surface area contributed by atoms with Crippen molar-refractivity contribution < 1.29 is 0 Å². The molecule has 8 aromatic carbocycles. The van der Waals surface area contributed by atoms with Crippen molar-refractivity contribution >= 4 is 53.3 Å². The summed E-state index contributed by atoms with van der Waals surface area (Å²) >= 11 is 1.79. The third-order valence-electron chi connectivity index (χ3n) is 10.7. The molecular formula is C51H32N4S. The first-order chi connectivity index (χ1) is 27.8. The number of rotatable bonds is 6. The smallest absolute Gasteiger partial charge is 0.166 e. The monoisotopic (exact) mass is 732 g/mol. The minimum atomic E-state index is 0.620. The second-order valence-electron chi connectivity index (χ2n) is 14.0. The van der Waals surface area contributed by atoms with E-state index in [1.165, 1.54) is 37.4 Å². The summed E-state index contributed by atoms with van der Waals surface area (Å²) in [5.41, 5.74) is 10.7. The fourth-order valence-corrected chi connectivity index (χ4v) is 9.31. The molecule has 56 heavy (non-hydrogen) atoms. The van der Waals surface area contributed by atoms with Gasteiger partial charge in [0, 0.05) is 47.6 Å². The topological polar surface area (TPSA) is 43.6 Å². The van der Waals surface area contributed by atoms with Gasteiger partial charge in [-0.1, -0.05) is 158 Å². The molecule has 0 aliphatic heterocycles. The van der Waals surface area contributed by atoms with Crippen molar-refractivity contribution in [1.82, 2.24) is 19.5 Å². The summed E-state index contributed by atoms with van der Waals surface area (Å²) in [6.07, 6.45) is 0. The minimum absolute atomic E-state index is 0.620. The van der Waals surface area contributed by atoms with Crippen molar-refractivity contribution in [2.24, 2.45) is 0 Å². The Kier molecular flexibility index (Phi) is 7.64. The zero-order valence-corrected chi connectivity index (χ0v) is 31.0. The Morgan fingerprint density at radius 3 is 1.54 bits per heavy atom. The number of hydrogen-bond acceptors (Lipinski definition) is 4. The van der Waals surface area contributed by atoms with Crippen LogP contribution in [0.3, 0.4) is 0 Å². The maximum absolute atomic E-state index is 5.37. The Hall–Kier alpha value is -7.21. The number of hydrogen-bond donors (Lipinski definition) is 0. The summed E-state index contributed by atoms with van der Waals surface area (Å²) in [7, 11) is 0. The lowest BCUT2D eigenvalue weighted by atomic mass is 9.96. The van der Waals surface area contributed by atoms with Crippen LogP contribution in [0.4, 0.5) is 0 Å². The van der Waals surface area contributed by atoms with Gasteiger partial charge in [-0.05, 0) is 58.7 Å². The number of aromatic nitrogens is 4. The maximum Gasteiger partial charge on any atom is 0.166 e. The van der Waals surface area contributed by atoms with Crippen LogP contribution >= 0.6 is 11.3 Å². The Bertz CT molecular complexity index is 3200. The predicted octanol–water partition coefficient (Wildman–Crippen LogP) is 13.7. The van der Waals surface area contributed by atoms with Crippen LogP contribution in [-0.4, -0.2) is 19.5 Å². The summed E-state index contributed by atoms with van der Waals surface area (Å²) in [6.45, 7) is 0. The van der Waals surface area contributed by atoms with Crippen LogP contribution in [0.15, 0.2) is 194 Å². The van der Waals surface area contributed by atoms with E-state index in [4.69, 9.17) is 15.0 Å². The second-order valence-corrected chi connectivity index (χ2v) is 15.0. The lowest BCUT2D eigenvalue weighted by molar-refractivity contribution is 1.07. The normalized spacial score (nSPS) is 11.6. The van der Waals surface area contributed by atoms with E-state index in [1.807, 2.05) is 6.07 Å². The van der Waals surface area contributed by atoms with Gasteiger partial charge in [0.05, 0.1) is 16.7 Å². The average molecular weight is 733 g/mol. The molecule has 0 aliphatic rings. The quantitative estimate of drug-likeness (QED) is 0.171. The number of thiophene rings is 1. The molecule has 0 fully saturated rings. The molecule has 11 rings (SSSR count). The third-order valence-corrected chi connectivity index (χ3v) is 11.9. The molecule has 0 unspecified atom stereocenters. The van der Waals surface area contributed by atoms with E-state index in [0.29, 0.717) is 17.5 Å². The van der Waals surface area contributed by atoms with Crippen molar-refractivity contribution in [3.8, 4) is 62.1 Å². The summed E-state index contributed by atoms with van der Waals surface area (Å²) in [5, 5.41) is 4.86. The van der Waals surface area contributed by atoms with Gasteiger partial charge in [-0.15, -0.1) is 11.3 Å². The first kappa shape index (κ1) is 32.2. The second kappa shape index (κ2) is 13.3. The highest BCUT2D eigenvalue weighted by Crippen LogP contribution is 2.41. The van der Waals surface area contributed by atoms with E-state index < -0.39 is 0 Å². The third kappa shape index (κ3) is 5.32. The fraction of sp³-hybridized carbons (Fsp3) is 0. The number of nitrogens with zero attached hydrogens (tertiary/aromatic N) is 4. The first-order valence-electron chi connectivity index (χ1n) is 18.8. The molecule has 5 heteroatoms. The van der Waals surface area contributed by atoms with Crippen LogP contribution in [0.1, 0.15) is 0 Å². The molecule has 0 amide bonds. The highest BCUT2D eigenvalue weighted by Gasteiger charge is 2.21. The number of benzene rings is 8. The Balaban J connectivity index is 1.15. The van der Waals surface area contributed by atoms with Gasteiger partial charge in [-0.25, -0.2) is 15.0 Å². The molecule has 262 valence electrons. The predicted molar refractivity (Wildman–Crippen MR) is 234 cm³/mol. The van der Waals surface area contributed by atoms with E-state index in [-0.39, 0.29) is 0 Å². The Morgan fingerprint density at radius 1 is 0.321 bits per heavy atom. The van der Waals surface area contributed by atoms with Gasteiger partial charge < -0.3 is 4.57 Å². The first-order valence-corrected chi connectivity index (χ1v) is 19.6. The largest absolute Gasteiger partial charge is 0.309 e. The maximum atomic E-state index is 5.37. The Morgan fingerprint density at radius 2 is 0.804 bits per heavy atom. The number of fused-ring (bicyclic) bond motifs is 6. The molecule has 4 nitrogen and oxygen atoms in total. The van der Waals surface area contributed by atoms with Gasteiger partial charge in [-0.3, -0.25) is 0 Å². The highest BCUT2D eigenvalue weighted by molar-refractivity contribution is 7.26. The van der Waals surface area contributed by atoms with Crippen LogP contribution in [0.5, 0.6) is 0 Å². The van der Waals surface area contributed by atoms with Crippen molar-refractivity contribution in [2.45, 2.75) is 0 Å². The van der Waals surface area contributed by atoms with Gasteiger partial charge in [0.15, 0.2) is 17.5 Å². The summed E-state index contributed by atoms with van der Waals surface area (Å²) < 4.78 is 4.75.